The summed E-state index contributed by atoms with van der Waals surface area (Å²) in [5, 5.41) is 0. The molecule has 0 heterocycles. The van der Waals surface area contributed by atoms with Gasteiger partial charge in [-0.3, -0.25) is 0 Å². The Balaban J connectivity index is -0.000000255. The van der Waals surface area contributed by atoms with Crippen molar-refractivity contribution in [1.82, 2.24) is 0 Å². The van der Waals surface area contributed by atoms with Gasteiger partial charge in [0.25, 0.3) is 0 Å². The molecule has 0 saturated carbocycles. The van der Waals surface area contributed by atoms with Crippen molar-refractivity contribution in [1.29, 1.82) is 0 Å². The third-order valence-corrected chi connectivity index (χ3v) is 1.75. The van der Waals surface area contributed by atoms with Crippen LogP contribution in [-0.2, 0) is 31.2 Å². The fraction of sp³-hybridized carbons (Fsp3) is 0. The molecule has 2 aromatic rings. The van der Waals surface area contributed by atoms with Gasteiger partial charge >= 0.3 is 39.7 Å². The number of allylic oxidation sites excluding steroid dienone is 1. The molecule has 0 unspecified atom stereocenters. The maximum atomic E-state index is 9.77. The molecule has 0 N–H and O–H groups in total. The van der Waals surface area contributed by atoms with Crippen molar-refractivity contribution in [2.24, 2.45) is 0 Å². The van der Waals surface area contributed by atoms with Crippen LogP contribution in [0.15, 0.2) is 66.7 Å². The molecule has 0 atom stereocenters. The zero-order valence-electron chi connectivity index (χ0n) is 11.0. The third kappa shape index (κ3) is 17.8. The number of hydrogen-bond acceptors (Lipinski definition) is 1. The first-order valence-electron chi connectivity index (χ1n) is 5.34. The smallest absolute Gasteiger partial charge is 0.184 e. The molecule has 21 heavy (non-hydrogen) atoms. The van der Waals surface area contributed by atoms with E-state index in [9.17, 15) is 4.79 Å². The van der Waals surface area contributed by atoms with E-state index in [2.05, 4.69) is 19.4 Å². The van der Waals surface area contributed by atoms with Crippen molar-refractivity contribution in [3.05, 3.63) is 91.7 Å². The van der Waals surface area contributed by atoms with Crippen LogP contribution in [0.1, 0.15) is 5.56 Å². The second-order valence-electron chi connectivity index (χ2n) is 2.94. The van der Waals surface area contributed by atoms with E-state index in [0.717, 1.165) is 5.56 Å². The van der Waals surface area contributed by atoms with Gasteiger partial charge in [-0.1, -0.05) is 30.3 Å². The van der Waals surface area contributed by atoms with E-state index in [1.54, 1.807) is 12.4 Å². The predicted octanol–water partition coefficient (Wildman–Crippen LogP) is 3.22. The summed E-state index contributed by atoms with van der Waals surface area (Å²) in [5.41, 5.74) is 1.02. The zero-order chi connectivity index (χ0) is 15.5. The minimum atomic E-state index is 0. The Morgan fingerprint density at radius 1 is 0.905 bits per heavy atom. The van der Waals surface area contributed by atoms with Crippen LogP contribution >= 0.6 is 0 Å². The molecular formula is C17H12FeO3+2. The molecule has 0 aliphatic carbocycles. The van der Waals surface area contributed by atoms with Crippen molar-refractivity contribution in [3.63, 3.8) is 0 Å². The van der Waals surface area contributed by atoms with Crippen LogP contribution in [0.25, 0.3) is 6.08 Å². The van der Waals surface area contributed by atoms with Gasteiger partial charge in [0.2, 0.25) is 0 Å². The van der Waals surface area contributed by atoms with Gasteiger partial charge in [-0.2, -0.15) is 42.5 Å². The van der Waals surface area contributed by atoms with Gasteiger partial charge in [0, 0.05) is 0 Å². The van der Waals surface area contributed by atoms with E-state index in [1.807, 2.05) is 60.7 Å². The van der Waals surface area contributed by atoms with E-state index >= 15 is 0 Å². The van der Waals surface area contributed by atoms with Crippen molar-refractivity contribution in [2.45, 2.75) is 0 Å². The summed E-state index contributed by atoms with van der Waals surface area (Å²) in [7, 11) is 0. The molecular weight excluding hydrogens is 308 g/mol. The van der Waals surface area contributed by atoms with E-state index in [1.165, 1.54) is 6.08 Å². The monoisotopic (exact) mass is 320 g/mol. The Labute approximate surface area is 135 Å². The second kappa shape index (κ2) is 23.0. The Morgan fingerprint density at radius 2 is 1.38 bits per heavy atom. The molecule has 0 radical (unpaired) electrons. The van der Waals surface area contributed by atoms with E-state index < -0.39 is 0 Å². The topological polar surface area (TPSA) is 56.9 Å². The molecule has 2 rings (SSSR count). The van der Waals surface area contributed by atoms with Crippen molar-refractivity contribution >= 4 is 12.4 Å². The molecule has 104 valence electrons. The zero-order valence-corrected chi connectivity index (χ0v) is 12.1. The summed E-state index contributed by atoms with van der Waals surface area (Å²) >= 11 is 0. The van der Waals surface area contributed by atoms with Crippen LogP contribution < -0.4 is 0 Å². The first-order valence-corrected chi connectivity index (χ1v) is 5.34. The summed E-state index contributed by atoms with van der Waals surface area (Å²) in [5.74, 6) is 0. The quantitative estimate of drug-likeness (QED) is 0.363. The van der Waals surface area contributed by atoms with Crippen LogP contribution in [0, 0.1) is 19.4 Å². The average Bonchev–Trinajstić information content (AvgIpc) is 2.60. The Kier molecular flexibility index (Phi) is 26.2. The SMILES string of the molecule is O=[C-]C=Cc1ccccc1.[C-]#[O+].[C-]#[O+].[Fe+4].[c-]1ccccc1. The largest absolute Gasteiger partial charge is 4.00 e. The van der Waals surface area contributed by atoms with Gasteiger partial charge in [-0.05, 0) is 6.29 Å². The Bertz CT molecular complexity index is 458. The van der Waals surface area contributed by atoms with Crippen LogP contribution in [-0.4, -0.2) is 6.29 Å². The molecule has 0 aliphatic heterocycles. The molecule has 0 saturated heterocycles. The van der Waals surface area contributed by atoms with Gasteiger partial charge in [0.1, 0.15) is 0 Å². The summed E-state index contributed by atoms with van der Waals surface area (Å²) < 4.78 is 15.0. The van der Waals surface area contributed by atoms with Gasteiger partial charge in [0.15, 0.2) is 0 Å². The van der Waals surface area contributed by atoms with E-state index in [0.29, 0.717) is 0 Å². The van der Waals surface area contributed by atoms with Crippen LogP contribution in [0.3, 0.4) is 0 Å². The summed E-state index contributed by atoms with van der Waals surface area (Å²) in [6, 6.07) is 22.1. The molecule has 4 heteroatoms. The first-order chi connectivity index (χ1) is 9.93. The minimum absolute atomic E-state index is 0. The van der Waals surface area contributed by atoms with Crippen molar-refractivity contribution in [2.75, 3.05) is 0 Å². The van der Waals surface area contributed by atoms with Gasteiger partial charge < -0.3 is 4.79 Å². The maximum absolute atomic E-state index is 9.77. The third-order valence-electron chi connectivity index (χ3n) is 1.75. The molecule has 0 fully saturated rings. The number of benzene rings is 2. The molecule has 0 bridgehead atoms. The molecule has 0 amide bonds. The first kappa shape index (κ1) is 23.9. The van der Waals surface area contributed by atoms with E-state index in [-0.39, 0.29) is 17.1 Å². The fourth-order valence-corrected chi connectivity index (χ4v) is 1.04. The van der Waals surface area contributed by atoms with Crippen LogP contribution in [0.5, 0.6) is 0 Å². The normalized spacial score (nSPS) is 7.24. The number of carbonyl (C=O) groups excluding carboxylic acids is 1. The van der Waals surface area contributed by atoms with Gasteiger partial charge in [0.05, 0.1) is 0 Å². The molecule has 0 spiro atoms. The van der Waals surface area contributed by atoms with Crippen LogP contribution in [0.4, 0.5) is 0 Å². The van der Waals surface area contributed by atoms with Crippen molar-refractivity contribution < 1.29 is 31.2 Å². The number of rotatable bonds is 2. The summed E-state index contributed by atoms with van der Waals surface area (Å²) in [6.45, 7) is 9.00. The van der Waals surface area contributed by atoms with Crippen LogP contribution in [0.2, 0.25) is 0 Å². The maximum Gasteiger partial charge on any atom is 4.00 e. The Hall–Kier alpha value is -2.15. The fourth-order valence-electron chi connectivity index (χ4n) is 1.04. The average molecular weight is 320 g/mol. The molecule has 0 aromatic heterocycles. The summed E-state index contributed by atoms with van der Waals surface area (Å²) in [4.78, 5) is 9.77. The standard InChI is InChI=1S/C9H7O.C6H5.2CO.Fe/c10-8-4-7-9-5-2-1-3-6-9;1-2-4-6-5-3-1;2*1-2;/h1-7H;1-5H;;;/q2*-1;;;+4. The number of hydrogen-bond donors (Lipinski definition) is 0. The molecule has 3 nitrogen and oxygen atoms in total. The second-order valence-corrected chi connectivity index (χ2v) is 2.94. The molecule has 2 aromatic carbocycles. The van der Waals surface area contributed by atoms with Gasteiger partial charge in [-0.15, -0.1) is 5.56 Å². The molecule has 0 aliphatic rings. The summed E-state index contributed by atoms with van der Waals surface area (Å²) in [6.07, 6.45) is 4.76. The predicted molar refractivity (Wildman–Crippen MR) is 74.3 cm³/mol. The minimum Gasteiger partial charge on any atom is -0.184 e. The van der Waals surface area contributed by atoms with Crippen molar-refractivity contribution in [3.8, 4) is 0 Å². The Morgan fingerprint density at radius 3 is 1.71 bits per heavy atom. The van der Waals surface area contributed by atoms with Gasteiger partial charge in [-0.25, -0.2) is 6.08 Å². The van der Waals surface area contributed by atoms with E-state index in [4.69, 9.17) is 9.30 Å².